The number of nitrogens with one attached hydrogen (secondary N) is 1. The van der Waals surface area contributed by atoms with Gasteiger partial charge in [0.25, 0.3) is 0 Å². The van der Waals surface area contributed by atoms with E-state index in [1.54, 1.807) is 20.8 Å². The molecule has 0 aromatic carbocycles. The predicted molar refractivity (Wildman–Crippen MR) is 97.2 cm³/mol. The number of oxime groups is 1. The van der Waals surface area contributed by atoms with Crippen molar-refractivity contribution in [2.24, 2.45) is 5.16 Å². The quantitative estimate of drug-likeness (QED) is 0.153. The fraction of sp³-hybridized carbons (Fsp3) is 0.706. The first-order valence-corrected chi connectivity index (χ1v) is 8.59. The number of aliphatic hydroxyl groups excluding tert-OH is 1. The van der Waals surface area contributed by atoms with Gasteiger partial charge in [0.05, 0.1) is 6.21 Å². The van der Waals surface area contributed by atoms with Crippen molar-refractivity contribution in [1.29, 1.82) is 0 Å². The summed E-state index contributed by atoms with van der Waals surface area (Å²) in [6.45, 7) is 7.40. The van der Waals surface area contributed by atoms with Crippen LogP contribution in [-0.4, -0.2) is 77.1 Å². The van der Waals surface area contributed by atoms with E-state index in [4.69, 9.17) is 24.2 Å². The van der Waals surface area contributed by atoms with E-state index < -0.39 is 60.6 Å². The minimum atomic E-state index is -1.64. The highest BCUT2D eigenvalue weighted by molar-refractivity contribution is 5.77. The van der Waals surface area contributed by atoms with E-state index in [0.29, 0.717) is 0 Å². The van der Waals surface area contributed by atoms with Gasteiger partial charge in [-0.05, 0) is 20.8 Å². The summed E-state index contributed by atoms with van der Waals surface area (Å²) in [6, 6.07) is -1.38. The van der Waals surface area contributed by atoms with Gasteiger partial charge in [0.15, 0.2) is 12.2 Å². The molecule has 0 rings (SSSR count). The zero-order chi connectivity index (χ0) is 22.8. The van der Waals surface area contributed by atoms with E-state index in [-0.39, 0.29) is 0 Å². The molecule has 12 heteroatoms. The number of amides is 1. The Kier molecular flexibility index (Phi) is 10.7. The van der Waals surface area contributed by atoms with Gasteiger partial charge in [-0.15, -0.1) is 0 Å². The van der Waals surface area contributed by atoms with Gasteiger partial charge in [0, 0.05) is 20.8 Å². The second-order valence-corrected chi connectivity index (χ2v) is 6.95. The molecule has 0 aliphatic carbocycles. The highest BCUT2D eigenvalue weighted by Gasteiger charge is 2.40. The van der Waals surface area contributed by atoms with E-state index in [2.05, 4.69) is 10.5 Å². The molecule has 0 fully saturated rings. The van der Waals surface area contributed by atoms with Crippen LogP contribution in [0.5, 0.6) is 0 Å². The van der Waals surface area contributed by atoms with Crippen molar-refractivity contribution in [2.75, 3.05) is 6.61 Å². The summed E-state index contributed by atoms with van der Waals surface area (Å²) >= 11 is 0. The molecule has 4 atom stereocenters. The largest absolute Gasteiger partial charge is 0.463 e. The van der Waals surface area contributed by atoms with Crippen LogP contribution in [0.15, 0.2) is 5.16 Å². The Morgan fingerprint density at radius 1 is 1.00 bits per heavy atom. The van der Waals surface area contributed by atoms with Crippen LogP contribution in [0.4, 0.5) is 4.79 Å². The lowest BCUT2D eigenvalue weighted by molar-refractivity contribution is -0.180. The van der Waals surface area contributed by atoms with Crippen LogP contribution >= 0.6 is 0 Å². The smallest absolute Gasteiger partial charge is 0.408 e. The first kappa shape index (κ1) is 26.1. The average Bonchev–Trinajstić information content (AvgIpc) is 2.53. The normalized spacial score (nSPS) is 15.6. The van der Waals surface area contributed by atoms with Crippen LogP contribution in [0.2, 0.25) is 0 Å². The molecule has 0 aliphatic heterocycles. The first-order chi connectivity index (χ1) is 13.3. The second kappa shape index (κ2) is 11.8. The van der Waals surface area contributed by atoms with Crippen molar-refractivity contribution >= 4 is 30.2 Å². The molecular formula is C17H28N2O10. The van der Waals surface area contributed by atoms with Crippen LogP contribution in [0, 0.1) is 0 Å². The molecule has 0 heterocycles. The van der Waals surface area contributed by atoms with E-state index in [1.165, 1.54) is 0 Å². The molecule has 3 N–H and O–H groups in total. The first-order valence-electron chi connectivity index (χ1n) is 8.59. The lowest BCUT2D eigenvalue weighted by Gasteiger charge is -2.33. The number of hydrogen-bond donors (Lipinski definition) is 3. The van der Waals surface area contributed by atoms with Crippen molar-refractivity contribution in [3.05, 3.63) is 0 Å². The number of hydrogen-bond acceptors (Lipinski definition) is 11. The monoisotopic (exact) mass is 420 g/mol. The third kappa shape index (κ3) is 11.5. The number of carbonyl (C=O) groups excluding carboxylic acids is 4. The van der Waals surface area contributed by atoms with Crippen LogP contribution in [0.25, 0.3) is 0 Å². The Morgan fingerprint density at radius 3 is 1.93 bits per heavy atom. The Hall–Kier alpha value is -2.89. The lowest BCUT2D eigenvalue weighted by atomic mass is 10.0. The van der Waals surface area contributed by atoms with Gasteiger partial charge < -0.3 is 34.6 Å². The number of carbonyl (C=O) groups is 4. The molecule has 0 spiro atoms. The van der Waals surface area contributed by atoms with Crippen molar-refractivity contribution in [2.45, 2.75) is 71.5 Å². The van der Waals surface area contributed by atoms with Gasteiger partial charge >= 0.3 is 24.0 Å². The van der Waals surface area contributed by atoms with Crippen LogP contribution in [0.3, 0.4) is 0 Å². The fourth-order valence-corrected chi connectivity index (χ4v) is 2.11. The van der Waals surface area contributed by atoms with E-state index in [0.717, 1.165) is 27.0 Å². The summed E-state index contributed by atoms with van der Waals surface area (Å²) < 4.78 is 19.9. The van der Waals surface area contributed by atoms with Gasteiger partial charge in [-0.1, -0.05) is 5.16 Å². The van der Waals surface area contributed by atoms with Gasteiger partial charge in [0.1, 0.15) is 24.4 Å². The zero-order valence-electron chi connectivity index (χ0n) is 17.2. The summed E-state index contributed by atoms with van der Waals surface area (Å²) in [5.74, 6) is -2.42. The van der Waals surface area contributed by atoms with Gasteiger partial charge in [-0.3, -0.25) is 14.4 Å². The maximum atomic E-state index is 12.1. The molecule has 12 nitrogen and oxygen atoms in total. The summed E-state index contributed by atoms with van der Waals surface area (Å²) in [5, 5.41) is 24.4. The number of esters is 3. The van der Waals surface area contributed by atoms with Gasteiger partial charge in [-0.2, -0.15) is 0 Å². The van der Waals surface area contributed by atoms with Crippen molar-refractivity contribution in [3.63, 3.8) is 0 Å². The van der Waals surface area contributed by atoms with E-state index in [9.17, 15) is 24.3 Å². The Balaban J connectivity index is 5.85. The topological polar surface area (TPSA) is 170 Å². The van der Waals surface area contributed by atoms with Crippen molar-refractivity contribution in [3.8, 4) is 0 Å². The minimum absolute atomic E-state index is 0.597. The molecule has 29 heavy (non-hydrogen) atoms. The molecule has 0 aromatic rings. The minimum Gasteiger partial charge on any atom is -0.463 e. The van der Waals surface area contributed by atoms with Crippen LogP contribution in [-0.2, 0) is 33.3 Å². The SMILES string of the molecule is CC(=O)OCC(O)[C@H](OC(C)=O)[C@H](OC(C)=O)C(/C=N/O)NC(=O)OC(C)(C)C. The molecule has 0 radical (unpaired) electrons. The molecule has 0 saturated carbocycles. The Morgan fingerprint density at radius 2 is 1.52 bits per heavy atom. The fourth-order valence-electron chi connectivity index (χ4n) is 2.11. The number of nitrogens with zero attached hydrogens (tertiary/aromatic N) is 1. The molecule has 2 unspecified atom stereocenters. The van der Waals surface area contributed by atoms with Crippen molar-refractivity contribution in [1.82, 2.24) is 5.32 Å². The molecule has 1 amide bonds. The predicted octanol–water partition coefficient (Wildman–Crippen LogP) is 0.127. The molecule has 0 aliphatic rings. The van der Waals surface area contributed by atoms with Crippen molar-refractivity contribution < 1.29 is 48.4 Å². The summed E-state index contributed by atoms with van der Waals surface area (Å²) in [4.78, 5) is 46.2. The number of aliphatic hydroxyl groups is 1. The molecular weight excluding hydrogens is 392 g/mol. The van der Waals surface area contributed by atoms with Gasteiger partial charge in [0.2, 0.25) is 0 Å². The molecule has 0 bridgehead atoms. The maximum Gasteiger partial charge on any atom is 0.408 e. The summed E-state index contributed by atoms with van der Waals surface area (Å²) in [5.41, 5.74) is -0.869. The summed E-state index contributed by atoms with van der Waals surface area (Å²) in [6.07, 6.45) is -4.95. The molecule has 0 aromatic heterocycles. The third-order valence-corrected chi connectivity index (χ3v) is 3.03. The molecule has 0 saturated heterocycles. The number of ether oxygens (including phenoxy) is 4. The van der Waals surface area contributed by atoms with Gasteiger partial charge in [-0.25, -0.2) is 4.79 Å². The Labute approximate surface area is 168 Å². The maximum absolute atomic E-state index is 12.1. The van der Waals surface area contributed by atoms with Crippen LogP contribution in [0.1, 0.15) is 41.5 Å². The zero-order valence-corrected chi connectivity index (χ0v) is 17.2. The summed E-state index contributed by atoms with van der Waals surface area (Å²) in [7, 11) is 0. The Bertz CT molecular complexity index is 614. The highest BCUT2D eigenvalue weighted by atomic mass is 16.6. The standard InChI is InChI=1S/C17H28N2O10/c1-9(20)26-8-13(23)15(28-11(3)22)14(27-10(2)21)12(7-18-25)19-16(24)29-17(4,5)6/h7,12-15,23,25H,8H2,1-6H3,(H,19,24)/b18-7+/t12?,13?,14-,15+/m1/s1. The highest BCUT2D eigenvalue weighted by Crippen LogP contribution is 2.16. The van der Waals surface area contributed by atoms with Crippen LogP contribution < -0.4 is 5.32 Å². The number of rotatable bonds is 9. The third-order valence-electron chi connectivity index (χ3n) is 3.03. The lowest BCUT2D eigenvalue weighted by Crippen LogP contribution is -2.57. The van der Waals surface area contributed by atoms with E-state index in [1.807, 2.05) is 0 Å². The second-order valence-electron chi connectivity index (χ2n) is 6.95. The van der Waals surface area contributed by atoms with E-state index >= 15 is 0 Å². The molecule has 166 valence electrons. The average molecular weight is 420 g/mol. The number of alkyl carbamates (subject to hydrolysis) is 1.